The van der Waals surface area contributed by atoms with Crippen LogP contribution in [0.4, 0.5) is 5.69 Å². The van der Waals surface area contributed by atoms with Crippen LogP contribution in [-0.4, -0.2) is 41.5 Å². The highest BCUT2D eigenvalue weighted by Crippen LogP contribution is 2.18. The summed E-state index contributed by atoms with van der Waals surface area (Å²) in [4.78, 5) is 24.9. The number of aliphatic carboxylic acids is 1. The van der Waals surface area contributed by atoms with Gasteiger partial charge in [0.2, 0.25) is 5.91 Å². The van der Waals surface area contributed by atoms with E-state index in [2.05, 4.69) is 5.32 Å². The summed E-state index contributed by atoms with van der Waals surface area (Å²) in [6.07, 6.45) is 0. The smallest absolute Gasteiger partial charge is 0.307 e. The largest absolute Gasteiger partial charge is 0.481 e. The second kappa shape index (κ2) is 7.22. The quantitative estimate of drug-likeness (QED) is 0.844. The molecule has 1 amide bonds. The summed E-state index contributed by atoms with van der Waals surface area (Å²) >= 11 is 0. The average molecular weight is 292 g/mol. The first kappa shape index (κ1) is 17.2. The molecule has 0 aromatic heterocycles. The van der Waals surface area contributed by atoms with Gasteiger partial charge in [-0.15, -0.1) is 0 Å². The minimum atomic E-state index is -0.857. The van der Waals surface area contributed by atoms with Gasteiger partial charge in [0.05, 0.1) is 12.0 Å². The number of hydrogen-bond donors (Lipinski definition) is 2. The molecular weight excluding hydrogens is 268 g/mol. The fourth-order valence-corrected chi connectivity index (χ4v) is 1.99. The monoisotopic (exact) mass is 292 g/mol. The van der Waals surface area contributed by atoms with Crippen LogP contribution in [0.5, 0.6) is 0 Å². The van der Waals surface area contributed by atoms with Gasteiger partial charge in [0, 0.05) is 12.2 Å². The van der Waals surface area contributed by atoms with E-state index in [1.54, 1.807) is 25.8 Å². The lowest BCUT2D eigenvalue weighted by Crippen LogP contribution is -2.42. The van der Waals surface area contributed by atoms with Gasteiger partial charge in [-0.05, 0) is 45.0 Å². The van der Waals surface area contributed by atoms with Crippen LogP contribution in [0.25, 0.3) is 0 Å². The maximum Gasteiger partial charge on any atom is 0.307 e. The van der Waals surface area contributed by atoms with E-state index >= 15 is 0 Å². The van der Waals surface area contributed by atoms with Gasteiger partial charge in [-0.1, -0.05) is 19.1 Å². The lowest BCUT2D eigenvalue weighted by molar-refractivity contribution is -0.142. The van der Waals surface area contributed by atoms with E-state index in [-0.39, 0.29) is 5.91 Å². The molecule has 0 saturated carbocycles. The molecule has 0 radical (unpaired) electrons. The highest BCUT2D eigenvalue weighted by molar-refractivity contribution is 5.95. The number of rotatable bonds is 6. The fraction of sp³-hybridized carbons (Fsp3) is 0.500. The van der Waals surface area contributed by atoms with Crippen molar-refractivity contribution in [2.24, 2.45) is 5.92 Å². The first-order chi connectivity index (χ1) is 9.73. The lowest BCUT2D eigenvalue weighted by Gasteiger charge is -2.25. The number of anilines is 1. The van der Waals surface area contributed by atoms with Gasteiger partial charge in [-0.3, -0.25) is 14.5 Å². The normalized spacial score (nSPS) is 13.8. The molecule has 1 aromatic rings. The van der Waals surface area contributed by atoms with Crippen molar-refractivity contribution in [3.63, 3.8) is 0 Å². The molecule has 1 rings (SSSR count). The van der Waals surface area contributed by atoms with Gasteiger partial charge in [0.25, 0.3) is 0 Å². The number of nitrogens with zero attached hydrogens (tertiary/aromatic N) is 1. The number of amides is 1. The van der Waals surface area contributed by atoms with Crippen molar-refractivity contribution in [2.45, 2.75) is 33.7 Å². The summed E-state index contributed by atoms with van der Waals surface area (Å²) in [5.74, 6) is -1.50. The molecule has 21 heavy (non-hydrogen) atoms. The minimum Gasteiger partial charge on any atom is -0.481 e. The molecule has 5 nitrogen and oxygen atoms in total. The Hall–Kier alpha value is -1.88. The standard InChI is InChI=1S/C16H24N2O3/c1-10-7-6-8-14(12(10)3)17-15(19)13(4)18(5)9-11(2)16(20)21/h6-8,11,13H,9H2,1-5H3,(H,17,19)(H,20,21). The number of likely N-dealkylation sites (N-methyl/N-ethyl adjacent to an activating group) is 1. The molecule has 0 heterocycles. The number of hydrogen-bond acceptors (Lipinski definition) is 3. The predicted octanol–water partition coefficient (Wildman–Crippen LogP) is 2.28. The van der Waals surface area contributed by atoms with Crippen LogP contribution in [0.3, 0.4) is 0 Å². The number of carboxylic acid groups (broad SMARTS) is 1. The molecule has 1 aromatic carbocycles. The van der Waals surface area contributed by atoms with E-state index in [0.29, 0.717) is 6.54 Å². The Morgan fingerprint density at radius 1 is 1.29 bits per heavy atom. The molecule has 0 aliphatic heterocycles. The van der Waals surface area contributed by atoms with E-state index in [0.717, 1.165) is 16.8 Å². The van der Waals surface area contributed by atoms with E-state index < -0.39 is 17.9 Å². The van der Waals surface area contributed by atoms with Crippen molar-refractivity contribution in [3.8, 4) is 0 Å². The number of aryl methyl sites for hydroxylation is 1. The number of benzene rings is 1. The number of carbonyl (C=O) groups excluding carboxylic acids is 1. The minimum absolute atomic E-state index is 0.135. The van der Waals surface area contributed by atoms with Gasteiger partial charge >= 0.3 is 5.97 Å². The van der Waals surface area contributed by atoms with Crippen molar-refractivity contribution in [1.82, 2.24) is 4.90 Å². The second-order valence-corrected chi connectivity index (χ2v) is 5.59. The van der Waals surface area contributed by atoms with E-state index in [9.17, 15) is 9.59 Å². The predicted molar refractivity (Wildman–Crippen MR) is 83.4 cm³/mol. The molecule has 2 unspecified atom stereocenters. The zero-order chi connectivity index (χ0) is 16.2. The number of carbonyl (C=O) groups is 2. The van der Waals surface area contributed by atoms with Crippen molar-refractivity contribution in [3.05, 3.63) is 29.3 Å². The van der Waals surface area contributed by atoms with Crippen LogP contribution in [0.1, 0.15) is 25.0 Å². The SMILES string of the molecule is Cc1cccc(NC(=O)C(C)N(C)CC(C)C(=O)O)c1C. The zero-order valence-corrected chi connectivity index (χ0v) is 13.3. The fourth-order valence-electron chi connectivity index (χ4n) is 1.99. The van der Waals surface area contributed by atoms with E-state index in [1.165, 1.54) is 0 Å². The summed E-state index contributed by atoms with van der Waals surface area (Å²) in [6, 6.07) is 5.37. The van der Waals surface area contributed by atoms with Crippen LogP contribution in [0.2, 0.25) is 0 Å². The summed E-state index contributed by atoms with van der Waals surface area (Å²) in [5, 5.41) is 11.8. The van der Waals surface area contributed by atoms with E-state index in [4.69, 9.17) is 5.11 Å². The van der Waals surface area contributed by atoms with Gasteiger partial charge in [-0.25, -0.2) is 0 Å². The molecule has 0 spiro atoms. The van der Waals surface area contributed by atoms with Crippen LogP contribution >= 0.6 is 0 Å². The molecule has 0 bridgehead atoms. The molecule has 2 atom stereocenters. The maximum atomic E-state index is 12.3. The number of carboxylic acids is 1. The molecule has 0 saturated heterocycles. The van der Waals surface area contributed by atoms with Crippen molar-refractivity contribution in [1.29, 1.82) is 0 Å². The van der Waals surface area contributed by atoms with Crippen molar-refractivity contribution >= 4 is 17.6 Å². The molecule has 0 aliphatic rings. The Balaban J connectivity index is 2.70. The molecule has 5 heteroatoms. The van der Waals surface area contributed by atoms with Crippen molar-refractivity contribution in [2.75, 3.05) is 18.9 Å². The Labute approximate surface area is 126 Å². The van der Waals surface area contributed by atoms with Gasteiger partial charge in [-0.2, -0.15) is 0 Å². The first-order valence-electron chi connectivity index (χ1n) is 7.04. The summed E-state index contributed by atoms with van der Waals surface area (Å²) in [7, 11) is 1.76. The molecule has 0 fully saturated rings. The Morgan fingerprint density at radius 3 is 2.48 bits per heavy atom. The van der Waals surface area contributed by atoms with Gasteiger partial charge in [0.1, 0.15) is 0 Å². The topological polar surface area (TPSA) is 69.6 Å². The summed E-state index contributed by atoms with van der Waals surface area (Å²) < 4.78 is 0. The van der Waals surface area contributed by atoms with Crippen LogP contribution in [0.15, 0.2) is 18.2 Å². The molecule has 0 aliphatic carbocycles. The first-order valence-corrected chi connectivity index (χ1v) is 7.04. The molecule has 116 valence electrons. The highest BCUT2D eigenvalue weighted by Gasteiger charge is 2.22. The Morgan fingerprint density at radius 2 is 1.90 bits per heavy atom. The molecular formula is C16H24N2O3. The third-order valence-corrected chi connectivity index (χ3v) is 3.89. The second-order valence-electron chi connectivity index (χ2n) is 5.59. The lowest BCUT2D eigenvalue weighted by atomic mass is 10.1. The molecule has 2 N–H and O–H groups in total. The third-order valence-electron chi connectivity index (χ3n) is 3.89. The summed E-state index contributed by atoms with van der Waals surface area (Å²) in [6.45, 7) is 7.70. The average Bonchev–Trinajstić information content (AvgIpc) is 2.42. The van der Waals surface area contributed by atoms with Gasteiger partial charge < -0.3 is 10.4 Å². The van der Waals surface area contributed by atoms with E-state index in [1.807, 2.05) is 32.0 Å². The summed E-state index contributed by atoms with van der Waals surface area (Å²) in [5.41, 5.74) is 2.96. The zero-order valence-electron chi connectivity index (χ0n) is 13.3. The maximum absolute atomic E-state index is 12.3. The third kappa shape index (κ3) is 4.56. The van der Waals surface area contributed by atoms with Gasteiger partial charge in [0.15, 0.2) is 0 Å². The number of nitrogens with one attached hydrogen (secondary N) is 1. The van der Waals surface area contributed by atoms with Crippen LogP contribution in [0, 0.1) is 19.8 Å². The van der Waals surface area contributed by atoms with Crippen LogP contribution < -0.4 is 5.32 Å². The Kier molecular flexibility index (Phi) is 5.90. The highest BCUT2D eigenvalue weighted by atomic mass is 16.4. The van der Waals surface area contributed by atoms with Crippen LogP contribution in [-0.2, 0) is 9.59 Å². The Bertz CT molecular complexity index is 528. The van der Waals surface area contributed by atoms with Crippen molar-refractivity contribution < 1.29 is 14.7 Å².